The lowest BCUT2D eigenvalue weighted by Crippen LogP contribution is -2.26. The molecule has 0 aromatic heterocycles. The van der Waals surface area contributed by atoms with Crippen LogP contribution in [0, 0.1) is 0 Å². The van der Waals surface area contributed by atoms with Crippen molar-refractivity contribution in [3.63, 3.8) is 0 Å². The van der Waals surface area contributed by atoms with Crippen molar-refractivity contribution >= 4 is 5.97 Å². The Hall–Kier alpha value is -1.45. The van der Waals surface area contributed by atoms with Crippen molar-refractivity contribution in [1.82, 2.24) is 0 Å². The van der Waals surface area contributed by atoms with Gasteiger partial charge in [-0.2, -0.15) is 0 Å². The van der Waals surface area contributed by atoms with Crippen LogP contribution in [0.3, 0.4) is 0 Å². The molecule has 2 rings (SSSR count). The third-order valence-electron chi connectivity index (χ3n) is 3.11. The first kappa shape index (κ1) is 12.0. The maximum absolute atomic E-state index is 12.3. The van der Waals surface area contributed by atoms with Gasteiger partial charge in [-0.15, -0.1) is 0 Å². The van der Waals surface area contributed by atoms with Gasteiger partial charge < -0.3 is 4.74 Å². The third-order valence-corrected chi connectivity index (χ3v) is 3.11. The van der Waals surface area contributed by atoms with Gasteiger partial charge in [-0.25, -0.2) is 8.78 Å². The lowest BCUT2D eigenvalue weighted by Gasteiger charge is -2.28. The maximum atomic E-state index is 12.3. The van der Waals surface area contributed by atoms with Crippen molar-refractivity contribution < 1.29 is 18.3 Å². The molecule has 4 heteroatoms. The van der Waals surface area contributed by atoms with E-state index in [1.807, 2.05) is 30.3 Å². The molecular weight excluding hydrogens is 226 g/mol. The number of alkyl halides is 2. The first-order chi connectivity index (χ1) is 8.12. The van der Waals surface area contributed by atoms with Gasteiger partial charge in [0.2, 0.25) is 6.43 Å². The largest absolute Gasteiger partial charge is 0.454 e. The van der Waals surface area contributed by atoms with E-state index in [2.05, 4.69) is 0 Å². The predicted molar refractivity (Wildman–Crippen MR) is 58.7 cm³/mol. The Balaban J connectivity index is 2.22. The lowest BCUT2D eigenvalue weighted by atomic mass is 9.86. The highest BCUT2D eigenvalue weighted by Gasteiger charge is 2.41. The Kier molecular flexibility index (Phi) is 3.41. The number of halogens is 2. The summed E-state index contributed by atoms with van der Waals surface area (Å²) in [5.74, 6) is -0.303. The van der Waals surface area contributed by atoms with E-state index in [0.29, 0.717) is 12.8 Å². The van der Waals surface area contributed by atoms with Crippen molar-refractivity contribution in [2.24, 2.45) is 0 Å². The van der Waals surface area contributed by atoms with Gasteiger partial charge in [0, 0.05) is 19.3 Å². The minimum absolute atomic E-state index is 0.181. The Labute approximate surface area is 98.6 Å². The second-order valence-electron chi connectivity index (χ2n) is 4.26. The molecule has 17 heavy (non-hydrogen) atoms. The molecule has 1 atom stereocenters. The van der Waals surface area contributed by atoms with Gasteiger partial charge >= 0.3 is 5.97 Å². The fourth-order valence-electron chi connectivity index (χ4n) is 2.23. The van der Waals surface area contributed by atoms with Gasteiger partial charge in [0.1, 0.15) is 5.60 Å². The molecule has 1 saturated heterocycles. The number of cyclic esters (lactones) is 1. The molecule has 1 aliphatic rings. The SMILES string of the molecule is O=C1CCC(CCC(F)F)(c2ccccc2)O1. The van der Waals surface area contributed by atoms with Crippen LogP contribution in [0.25, 0.3) is 0 Å². The van der Waals surface area contributed by atoms with Crippen LogP contribution in [0.1, 0.15) is 31.2 Å². The second-order valence-corrected chi connectivity index (χ2v) is 4.26. The van der Waals surface area contributed by atoms with Crippen LogP contribution in [-0.2, 0) is 15.1 Å². The predicted octanol–water partition coefficient (Wildman–Crippen LogP) is 3.26. The molecule has 0 N–H and O–H groups in total. The molecule has 0 aliphatic carbocycles. The summed E-state index contributed by atoms with van der Waals surface area (Å²) in [6.07, 6.45) is -1.64. The average Bonchev–Trinajstić information content (AvgIpc) is 2.71. The molecule has 1 aromatic rings. The first-order valence-corrected chi connectivity index (χ1v) is 5.68. The molecule has 1 aromatic carbocycles. The normalized spacial score (nSPS) is 24.1. The second kappa shape index (κ2) is 4.82. The molecule has 1 heterocycles. The van der Waals surface area contributed by atoms with Crippen LogP contribution < -0.4 is 0 Å². The molecule has 0 amide bonds. The topological polar surface area (TPSA) is 26.3 Å². The van der Waals surface area contributed by atoms with Crippen molar-refractivity contribution in [3.05, 3.63) is 35.9 Å². The standard InChI is InChI=1S/C13H14F2O2/c14-11(15)6-8-13(9-7-12(16)17-13)10-4-2-1-3-5-10/h1-5,11H,6-9H2. The van der Waals surface area contributed by atoms with Crippen molar-refractivity contribution in [2.75, 3.05) is 0 Å². The molecule has 2 nitrogen and oxygen atoms in total. The van der Waals surface area contributed by atoms with Crippen molar-refractivity contribution in [1.29, 1.82) is 0 Å². The van der Waals surface area contributed by atoms with Gasteiger partial charge in [0.15, 0.2) is 0 Å². The molecule has 0 bridgehead atoms. The molecule has 1 fully saturated rings. The quantitative estimate of drug-likeness (QED) is 0.755. The molecule has 1 unspecified atom stereocenters. The van der Waals surface area contributed by atoms with E-state index in [1.165, 1.54) is 0 Å². The number of ether oxygens (including phenoxy) is 1. The summed E-state index contributed by atoms with van der Waals surface area (Å²) in [5.41, 5.74) is -0.0269. The van der Waals surface area contributed by atoms with Gasteiger partial charge in [-0.3, -0.25) is 4.79 Å². The Morgan fingerprint density at radius 2 is 2.00 bits per heavy atom. The monoisotopic (exact) mass is 240 g/mol. The third kappa shape index (κ3) is 2.62. The Morgan fingerprint density at radius 3 is 2.53 bits per heavy atom. The van der Waals surface area contributed by atoms with Crippen LogP contribution >= 0.6 is 0 Å². The zero-order valence-electron chi connectivity index (χ0n) is 9.36. The van der Waals surface area contributed by atoms with E-state index < -0.39 is 12.0 Å². The Morgan fingerprint density at radius 1 is 1.29 bits per heavy atom. The average molecular weight is 240 g/mol. The van der Waals surface area contributed by atoms with E-state index in [9.17, 15) is 13.6 Å². The summed E-state index contributed by atoms with van der Waals surface area (Å²) in [6.45, 7) is 0. The summed E-state index contributed by atoms with van der Waals surface area (Å²) in [6, 6.07) is 9.15. The number of hydrogen-bond acceptors (Lipinski definition) is 2. The fraction of sp³-hybridized carbons (Fsp3) is 0.462. The lowest BCUT2D eigenvalue weighted by molar-refractivity contribution is -0.150. The van der Waals surface area contributed by atoms with E-state index in [0.717, 1.165) is 5.56 Å². The number of hydrogen-bond donors (Lipinski definition) is 0. The highest BCUT2D eigenvalue weighted by atomic mass is 19.3. The zero-order chi connectivity index (χ0) is 12.3. The maximum Gasteiger partial charge on any atom is 0.306 e. The summed E-state index contributed by atoms with van der Waals surface area (Å²) >= 11 is 0. The van der Waals surface area contributed by atoms with E-state index in [-0.39, 0.29) is 18.8 Å². The van der Waals surface area contributed by atoms with Crippen LogP contribution in [0.15, 0.2) is 30.3 Å². The van der Waals surface area contributed by atoms with E-state index >= 15 is 0 Å². The van der Waals surface area contributed by atoms with Crippen LogP contribution in [0.4, 0.5) is 8.78 Å². The smallest absolute Gasteiger partial charge is 0.306 e. The Bertz CT molecular complexity index is 392. The summed E-state index contributed by atoms with van der Waals surface area (Å²) in [5, 5.41) is 0. The number of carbonyl (C=O) groups is 1. The number of esters is 1. The van der Waals surface area contributed by atoms with Gasteiger partial charge in [-0.05, 0) is 12.0 Å². The highest BCUT2D eigenvalue weighted by molar-refractivity contribution is 5.72. The number of rotatable bonds is 4. The molecule has 0 spiro atoms. The van der Waals surface area contributed by atoms with Crippen molar-refractivity contribution in [3.8, 4) is 0 Å². The summed E-state index contributed by atoms with van der Waals surface area (Å²) < 4.78 is 30.0. The first-order valence-electron chi connectivity index (χ1n) is 5.68. The molecule has 1 aliphatic heterocycles. The minimum Gasteiger partial charge on any atom is -0.454 e. The van der Waals surface area contributed by atoms with Gasteiger partial charge in [0.25, 0.3) is 0 Å². The van der Waals surface area contributed by atoms with Crippen LogP contribution in [0.5, 0.6) is 0 Å². The molecule has 0 radical (unpaired) electrons. The summed E-state index contributed by atoms with van der Waals surface area (Å²) in [4.78, 5) is 11.3. The zero-order valence-corrected chi connectivity index (χ0v) is 9.36. The minimum atomic E-state index is -2.37. The van der Waals surface area contributed by atoms with Crippen LogP contribution in [-0.4, -0.2) is 12.4 Å². The molecule has 92 valence electrons. The number of carbonyl (C=O) groups excluding carboxylic acids is 1. The van der Waals surface area contributed by atoms with E-state index in [1.54, 1.807) is 0 Å². The highest BCUT2D eigenvalue weighted by Crippen LogP contribution is 2.41. The van der Waals surface area contributed by atoms with Crippen LogP contribution in [0.2, 0.25) is 0 Å². The molecule has 0 saturated carbocycles. The molecular formula is C13H14F2O2. The summed E-state index contributed by atoms with van der Waals surface area (Å²) in [7, 11) is 0. The van der Waals surface area contributed by atoms with Gasteiger partial charge in [-0.1, -0.05) is 30.3 Å². The number of benzene rings is 1. The van der Waals surface area contributed by atoms with Crippen molar-refractivity contribution in [2.45, 2.75) is 37.7 Å². The van der Waals surface area contributed by atoms with Gasteiger partial charge in [0.05, 0.1) is 0 Å². The fourth-order valence-corrected chi connectivity index (χ4v) is 2.23. The van der Waals surface area contributed by atoms with E-state index in [4.69, 9.17) is 4.74 Å².